The molecular formula is C34H37N7O5S. The SMILES string of the molecule is CC(C)(C)c1cc(NC(=O)Nc2ccc(Oc3ccnc(NC(=O)NC4CC4)c3)c3ccccc23)n(C2C=CC(S(C)(=O)=O)=CC2)n1. The number of urea groups is 2. The maximum atomic E-state index is 13.4. The zero-order valence-electron chi connectivity index (χ0n) is 26.6. The number of benzene rings is 2. The van der Waals surface area contributed by atoms with Gasteiger partial charge in [-0.3, -0.25) is 10.6 Å². The van der Waals surface area contributed by atoms with Gasteiger partial charge < -0.3 is 15.4 Å². The molecule has 0 radical (unpaired) electrons. The first kappa shape index (κ1) is 31.8. The summed E-state index contributed by atoms with van der Waals surface area (Å²) < 4.78 is 31.9. The molecule has 4 aromatic rings. The zero-order valence-corrected chi connectivity index (χ0v) is 27.4. The van der Waals surface area contributed by atoms with Crippen LogP contribution in [0.5, 0.6) is 11.5 Å². The molecule has 1 unspecified atom stereocenters. The van der Waals surface area contributed by atoms with Crippen LogP contribution in [-0.2, 0) is 15.3 Å². The number of sulfone groups is 1. The summed E-state index contributed by atoms with van der Waals surface area (Å²) in [6, 6.07) is 15.4. The number of rotatable bonds is 8. The minimum atomic E-state index is -3.32. The first-order valence-electron chi connectivity index (χ1n) is 15.3. The van der Waals surface area contributed by atoms with Gasteiger partial charge in [-0.15, -0.1) is 0 Å². The van der Waals surface area contributed by atoms with Gasteiger partial charge in [0.25, 0.3) is 0 Å². The molecule has 2 aromatic carbocycles. The quantitative estimate of drug-likeness (QED) is 0.161. The predicted molar refractivity (Wildman–Crippen MR) is 183 cm³/mol. The molecule has 2 aliphatic rings. The first-order chi connectivity index (χ1) is 22.3. The van der Waals surface area contributed by atoms with E-state index in [0.717, 1.165) is 29.3 Å². The summed E-state index contributed by atoms with van der Waals surface area (Å²) in [7, 11) is -3.32. The second-order valence-electron chi connectivity index (χ2n) is 12.7. The largest absolute Gasteiger partial charge is 0.457 e. The molecule has 12 nitrogen and oxygen atoms in total. The number of nitrogens with one attached hydrogen (secondary N) is 4. The van der Waals surface area contributed by atoms with E-state index in [4.69, 9.17) is 9.84 Å². The molecule has 244 valence electrons. The molecule has 2 aliphatic carbocycles. The number of hydrogen-bond donors (Lipinski definition) is 4. The van der Waals surface area contributed by atoms with Crippen LogP contribution >= 0.6 is 0 Å². The minimum Gasteiger partial charge on any atom is -0.457 e. The Morgan fingerprint density at radius 2 is 1.72 bits per heavy atom. The molecule has 4 amide bonds. The number of allylic oxidation sites excluding steroid dienone is 3. The molecule has 2 heterocycles. The van der Waals surface area contributed by atoms with Gasteiger partial charge in [0.05, 0.1) is 22.3 Å². The smallest absolute Gasteiger partial charge is 0.324 e. The van der Waals surface area contributed by atoms with E-state index >= 15 is 0 Å². The summed E-state index contributed by atoms with van der Waals surface area (Å²) in [5.41, 5.74) is 1.06. The summed E-state index contributed by atoms with van der Waals surface area (Å²) in [6.07, 6.45) is 10.2. The van der Waals surface area contributed by atoms with Gasteiger partial charge in [0.2, 0.25) is 0 Å². The van der Waals surface area contributed by atoms with Crippen molar-refractivity contribution in [3.05, 3.63) is 89.6 Å². The maximum Gasteiger partial charge on any atom is 0.324 e. The number of aromatic nitrogens is 3. The summed E-state index contributed by atoms with van der Waals surface area (Å²) in [6.45, 7) is 6.10. The monoisotopic (exact) mass is 655 g/mol. The normalized spacial score (nSPS) is 16.3. The highest BCUT2D eigenvalue weighted by atomic mass is 32.2. The van der Waals surface area contributed by atoms with Crippen molar-refractivity contribution in [2.24, 2.45) is 0 Å². The number of ether oxygens (including phenoxy) is 1. The van der Waals surface area contributed by atoms with Crippen molar-refractivity contribution in [3.63, 3.8) is 0 Å². The molecule has 4 N–H and O–H groups in total. The van der Waals surface area contributed by atoms with E-state index in [0.29, 0.717) is 35.2 Å². The van der Waals surface area contributed by atoms with E-state index in [1.165, 1.54) is 6.26 Å². The lowest BCUT2D eigenvalue weighted by molar-refractivity contribution is 0.251. The fourth-order valence-electron chi connectivity index (χ4n) is 5.13. The highest BCUT2D eigenvalue weighted by Crippen LogP contribution is 2.35. The maximum absolute atomic E-state index is 13.4. The van der Waals surface area contributed by atoms with Gasteiger partial charge in [-0.2, -0.15) is 5.10 Å². The van der Waals surface area contributed by atoms with Crippen LogP contribution in [0.15, 0.2) is 83.9 Å². The summed E-state index contributed by atoms with van der Waals surface area (Å²) in [5.74, 6) is 1.90. The van der Waals surface area contributed by atoms with E-state index in [1.807, 2.05) is 51.1 Å². The molecule has 6 rings (SSSR count). The Balaban J connectivity index is 1.20. The van der Waals surface area contributed by atoms with Crippen molar-refractivity contribution < 1.29 is 22.7 Å². The van der Waals surface area contributed by atoms with Gasteiger partial charge in [0.1, 0.15) is 23.1 Å². The molecule has 0 bridgehead atoms. The number of pyridine rings is 1. The summed E-state index contributed by atoms with van der Waals surface area (Å²) in [5, 5.41) is 17.8. The molecule has 0 spiro atoms. The van der Waals surface area contributed by atoms with Gasteiger partial charge in [0.15, 0.2) is 9.84 Å². The van der Waals surface area contributed by atoms with Crippen LogP contribution in [0.2, 0.25) is 0 Å². The average Bonchev–Trinajstić information content (AvgIpc) is 3.72. The van der Waals surface area contributed by atoms with Crippen LogP contribution in [0.3, 0.4) is 0 Å². The third kappa shape index (κ3) is 7.63. The first-order valence-corrected chi connectivity index (χ1v) is 17.2. The van der Waals surface area contributed by atoms with Crippen LogP contribution in [0.1, 0.15) is 51.8 Å². The van der Waals surface area contributed by atoms with Crippen LogP contribution in [0, 0.1) is 0 Å². The molecule has 47 heavy (non-hydrogen) atoms. The zero-order chi connectivity index (χ0) is 33.3. The number of carbonyl (C=O) groups excluding carboxylic acids is 2. The Bertz CT molecular complexity index is 2020. The van der Waals surface area contributed by atoms with E-state index in [9.17, 15) is 18.0 Å². The standard InChI is InChI=1S/C34H37N7O5S/c1-34(2,3)29-20-31(41(40-29)22-11-13-24(14-12-22)47(4,44)45)39-33(43)37-27-15-16-28(26-8-6-5-7-25(26)27)46-23-17-18-35-30(19-23)38-32(42)36-21-9-10-21/h5-8,11,13-22H,9-10,12H2,1-4H3,(H2,37,39,43)(H2,35,36,38,42). The number of amides is 4. The second kappa shape index (κ2) is 12.6. The highest BCUT2D eigenvalue weighted by Gasteiger charge is 2.26. The number of fused-ring (bicyclic) bond motifs is 1. The Kier molecular flexibility index (Phi) is 8.49. The van der Waals surface area contributed by atoms with Gasteiger partial charge in [-0.25, -0.2) is 27.7 Å². The van der Waals surface area contributed by atoms with Crippen molar-refractivity contribution in [3.8, 4) is 11.5 Å². The highest BCUT2D eigenvalue weighted by molar-refractivity contribution is 7.94. The van der Waals surface area contributed by atoms with Gasteiger partial charge in [-0.1, -0.05) is 57.2 Å². The molecule has 1 atom stereocenters. The van der Waals surface area contributed by atoms with Crippen LogP contribution in [-0.4, -0.2) is 47.5 Å². The number of nitrogens with zero attached hydrogens (tertiary/aromatic N) is 3. The molecule has 2 aromatic heterocycles. The van der Waals surface area contributed by atoms with Crippen molar-refractivity contribution in [1.29, 1.82) is 0 Å². The molecule has 13 heteroatoms. The Morgan fingerprint density at radius 3 is 2.40 bits per heavy atom. The predicted octanol–water partition coefficient (Wildman–Crippen LogP) is 6.88. The van der Waals surface area contributed by atoms with Crippen LogP contribution in [0.25, 0.3) is 10.8 Å². The Morgan fingerprint density at radius 1 is 0.957 bits per heavy atom. The Labute approximate surface area is 273 Å². The molecule has 0 aliphatic heterocycles. The van der Waals surface area contributed by atoms with E-state index < -0.39 is 15.9 Å². The fraction of sp³-hybridized carbons (Fsp3) is 0.294. The van der Waals surface area contributed by atoms with Crippen molar-refractivity contribution in [1.82, 2.24) is 20.1 Å². The van der Waals surface area contributed by atoms with Gasteiger partial charge >= 0.3 is 12.1 Å². The van der Waals surface area contributed by atoms with Gasteiger partial charge in [0, 0.05) is 46.8 Å². The lowest BCUT2D eigenvalue weighted by Gasteiger charge is -2.20. The van der Waals surface area contributed by atoms with Crippen molar-refractivity contribution >= 4 is 50.0 Å². The molecule has 1 saturated carbocycles. The minimum absolute atomic E-state index is 0.224. The van der Waals surface area contributed by atoms with Crippen molar-refractivity contribution in [2.45, 2.75) is 57.5 Å². The molecular weight excluding hydrogens is 618 g/mol. The number of carbonyl (C=O) groups is 2. The third-order valence-corrected chi connectivity index (χ3v) is 8.94. The second-order valence-corrected chi connectivity index (χ2v) is 14.8. The summed E-state index contributed by atoms with van der Waals surface area (Å²) in [4.78, 5) is 30.1. The Hall–Kier alpha value is -5.17. The van der Waals surface area contributed by atoms with Crippen LogP contribution in [0.4, 0.5) is 26.9 Å². The fourth-order valence-corrected chi connectivity index (χ4v) is 5.85. The van der Waals surface area contributed by atoms with E-state index in [2.05, 4.69) is 26.3 Å². The lowest BCUT2D eigenvalue weighted by Crippen LogP contribution is -2.30. The molecule has 0 saturated heterocycles. The average molecular weight is 656 g/mol. The topological polar surface area (TPSA) is 156 Å². The number of hydrogen-bond acceptors (Lipinski definition) is 7. The number of anilines is 3. The third-order valence-electron chi connectivity index (χ3n) is 7.78. The molecule has 1 fully saturated rings. The van der Waals surface area contributed by atoms with Crippen LogP contribution < -0.4 is 26.0 Å². The van der Waals surface area contributed by atoms with E-state index in [-0.39, 0.29) is 28.4 Å². The van der Waals surface area contributed by atoms with E-state index in [1.54, 1.807) is 53.4 Å². The van der Waals surface area contributed by atoms with Gasteiger partial charge in [-0.05, 0) is 43.5 Å². The lowest BCUT2D eigenvalue weighted by atomic mass is 9.92. The summed E-state index contributed by atoms with van der Waals surface area (Å²) >= 11 is 0. The van der Waals surface area contributed by atoms with Crippen molar-refractivity contribution in [2.75, 3.05) is 22.2 Å².